The first-order chi connectivity index (χ1) is 55.6. The summed E-state index contributed by atoms with van der Waals surface area (Å²) in [6.45, 7) is 16.7. The van der Waals surface area contributed by atoms with E-state index in [1.54, 1.807) is 56.8 Å². The van der Waals surface area contributed by atoms with Crippen molar-refractivity contribution in [3.05, 3.63) is 186 Å². The molecule has 5 saturated carbocycles. The summed E-state index contributed by atoms with van der Waals surface area (Å²) in [5.74, 6) is -2.10. The monoisotopic (exact) mass is 2090 g/mol. The molecule has 664 valence electrons. The number of pyridine rings is 2. The molecule has 0 atom stereocenters. The molecule has 5 aromatic carbocycles. The van der Waals surface area contributed by atoms with Crippen molar-refractivity contribution in [2.24, 2.45) is 29.6 Å². The summed E-state index contributed by atoms with van der Waals surface area (Å²) in [6.07, 6.45) is 17.7. The molecule has 15 nitrogen and oxygen atoms in total. The van der Waals surface area contributed by atoms with Gasteiger partial charge in [0.15, 0.2) is 41.1 Å². The predicted octanol–water partition coefficient (Wildman–Crippen LogP) is 21.8. The highest BCUT2D eigenvalue weighted by Crippen LogP contribution is 2.41. The van der Waals surface area contributed by atoms with E-state index >= 15 is 0 Å². The standard InChI is InChI=1S/C20H30BFO5S.C19H21F2NO3S.C14H18BrFO3S.C14H18BrFOS.C8H15BrO.C6H4BrFS.C5H2BrF2N/c1-18(2)19(3,4)27-21(26-18)16-7-6-15(12-17(16)22)28(24,25)13-14-8-10-20(5,23)11-9-14;1-19(23)8-6-13(7-9-19)12-26(24,25)16-4-2-14(3-5-16)18-17(21)10-15(20)11-22-18;1-14(17)6-4-10(5-7-14)9-20(18,19)11-2-3-12(15)13(16)8-11;1-14(17)6-4-10(5-7-14)9-18-11-2-3-12(15)13(16)8-11;1-8(10)4-2-7(6-9)3-5-8;7-5-2-1-4(9)3-6(5)8;6-5-4(8)1-3(7)2-9-5/h6-7,12,14,23H,8-11,13H2,1-5H3;2-5,10-11,13,23H,6-9,12H2,1H3;2-3,8,10,17H,4-7,9H2,1H3;2-3,8,10,17H,4-7,9H2,1H3;7,10H,2-6H2,1H3;1-3,9H;1-2H. The van der Waals surface area contributed by atoms with Crippen LogP contribution in [-0.4, -0.2) is 135 Å². The predicted molar refractivity (Wildman–Crippen MR) is 477 cm³/mol. The number of alkyl halides is 1. The summed E-state index contributed by atoms with van der Waals surface area (Å²) >= 11 is 21.1. The fourth-order valence-electron chi connectivity index (χ4n) is 14.2. The first-order valence-corrected chi connectivity index (χ1v) is 50.3. The van der Waals surface area contributed by atoms with Gasteiger partial charge in [0.05, 0.1) is 97.0 Å². The number of thiol groups is 1. The van der Waals surface area contributed by atoms with Crippen LogP contribution in [0.2, 0.25) is 0 Å². The van der Waals surface area contributed by atoms with Crippen molar-refractivity contribution in [1.29, 1.82) is 0 Å². The van der Waals surface area contributed by atoms with Crippen LogP contribution in [0.25, 0.3) is 11.3 Å². The smallest absolute Gasteiger partial charge is 0.399 e. The Bertz CT molecular complexity index is 4820. The van der Waals surface area contributed by atoms with Crippen molar-refractivity contribution >= 4 is 146 Å². The Morgan fingerprint density at radius 1 is 0.417 bits per heavy atom. The van der Waals surface area contributed by atoms with Gasteiger partial charge in [-0.2, -0.15) is 0 Å². The number of hydrogen-bond donors (Lipinski definition) is 6. The van der Waals surface area contributed by atoms with Gasteiger partial charge in [-0.3, -0.25) is 4.98 Å². The zero-order chi connectivity index (χ0) is 89.4. The zero-order valence-corrected chi connectivity index (χ0v) is 80.7. The maximum Gasteiger partial charge on any atom is 0.497 e. The second-order valence-electron chi connectivity index (χ2n) is 34.5. The van der Waals surface area contributed by atoms with Crippen molar-refractivity contribution in [3.63, 3.8) is 0 Å². The molecule has 3 heterocycles. The lowest BCUT2D eigenvalue weighted by Gasteiger charge is -2.32. The van der Waals surface area contributed by atoms with E-state index in [0.717, 1.165) is 97.1 Å². The molecule has 5 aliphatic carbocycles. The van der Waals surface area contributed by atoms with Gasteiger partial charge in [0.25, 0.3) is 0 Å². The number of aromatic nitrogens is 2. The molecule has 34 heteroatoms. The third kappa shape index (κ3) is 33.0. The van der Waals surface area contributed by atoms with Gasteiger partial charge in [-0.1, -0.05) is 34.1 Å². The van der Waals surface area contributed by atoms with Gasteiger partial charge in [-0.25, -0.2) is 65.4 Å². The van der Waals surface area contributed by atoms with Crippen molar-refractivity contribution in [1.82, 2.24) is 9.97 Å². The van der Waals surface area contributed by atoms with Gasteiger partial charge in [0, 0.05) is 44.0 Å². The molecule has 6 fully saturated rings. The van der Waals surface area contributed by atoms with Crippen LogP contribution < -0.4 is 5.46 Å². The molecule has 0 bridgehead atoms. The fraction of sp³-hybridized carbons (Fsp3) is 0.535. The highest BCUT2D eigenvalue weighted by molar-refractivity contribution is 9.11. The molecule has 0 unspecified atom stereocenters. The first kappa shape index (κ1) is 104. The lowest BCUT2D eigenvalue weighted by atomic mass is 9.79. The molecular weight excluding hydrogens is 1990 g/mol. The third-order valence-corrected chi connectivity index (χ3v) is 33.5. The molecule has 2 aromatic heterocycles. The number of aliphatic hydroxyl groups is 5. The molecule has 120 heavy (non-hydrogen) atoms. The molecule has 1 saturated heterocycles. The van der Waals surface area contributed by atoms with Crippen LogP contribution in [0.3, 0.4) is 0 Å². The Morgan fingerprint density at radius 2 is 0.758 bits per heavy atom. The van der Waals surface area contributed by atoms with Crippen LogP contribution in [0.1, 0.15) is 191 Å². The summed E-state index contributed by atoms with van der Waals surface area (Å²) in [7, 11) is -11.4. The fourth-order valence-corrected chi connectivity index (χ4v) is 22.2. The van der Waals surface area contributed by atoms with Crippen molar-refractivity contribution in [2.75, 3.05) is 28.3 Å². The molecule has 7 aromatic rings. The minimum Gasteiger partial charge on any atom is -0.399 e. The van der Waals surface area contributed by atoms with Crippen molar-refractivity contribution < 1.29 is 95.2 Å². The van der Waals surface area contributed by atoms with Crippen LogP contribution in [0.5, 0.6) is 0 Å². The van der Waals surface area contributed by atoms with Crippen molar-refractivity contribution in [2.45, 2.75) is 254 Å². The van der Waals surface area contributed by atoms with Gasteiger partial charge in [0.1, 0.15) is 45.2 Å². The number of hydrogen-bond acceptors (Lipinski definition) is 17. The Morgan fingerprint density at radius 3 is 1.12 bits per heavy atom. The molecule has 6 aliphatic rings. The Kier molecular flexibility index (Phi) is 38.5. The molecule has 0 radical (unpaired) electrons. The van der Waals surface area contributed by atoms with E-state index in [2.05, 4.69) is 102 Å². The lowest BCUT2D eigenvalue weighted by molar-refractivity contribution is 0.00578. The number of halogens is 13. The number of nitrogens with zero attached hydrogens (tertiary/aromatic N) is 2. The van der Waals surface area contributed by atoms with Gasteiger partial charge < -0.3 is 34.8 Å². The van der Waals surface area contributed by atoms with Crippen LogP contribution in [0, 0.1) is 76.1 Å². The SMILES string of the molecule is CC1(O)CCC(CBr)CC1.CC1(O)CCC(CS(=O)(=O)c2ccc(-c3ncc(F)cc3F)cc2)CC1.CC1(O)CCC(CS(=O)(=O)c2ccc(B3OC(C)(C)C(C)(C)O3)c(F)c2)CC1.CC1(O)CCC(CS(=O)(=O)c2ccc(Br)c(F)c2)CC1.CC1(O)CCC(CSc2ccc(Br)c(F)c2)CC1.Fc1cc(S)ccc1Br.Fc1cnc(Br)c(F)c1. The summed E-state index contributed by atoms with van der Waals surface area (Å²) in [4.78, 5) is 8.85. The molecular formula is C86H108BBr5F8N2O13S5. The van der Waals surface area contributed by atoms with Crippen LogP contribution in [-0.2, 0) is 38.8 Å². The topological polar surface area (TPSA) is 248 Å². The Labute approximate surface area is 754 Å². The maximum atomic E-state index is 14.8. The Balaban J connectivity index is 0.000000201. The van der Waals surface area contributed by atoms with Gasteiger partial charge in [0.2, 0.25) is 0 Å². The Hall–Kier alpha value is -3.43. The van der Waals surface area contributed by atoms with E-state index in [1.807, 2.05) is 47.6 Å². The highest BCUT2D eigenvalue weighted by atomic mass is 79.9. The van der Waals surface area contributed by atoms with Crippen molar-refractivity contribution in [3.8, 4) is 11.3 Å². The number of rotatable bonds is 15. The van der Waals surface area contributed by atoms with E-state index in [-0.39, 0.29) is 87.2 Å². The van der Waals surface area contributed by atoms with Gasteiger partial charge in [-0.05, 0) is 363 Å². The number of sulfone groups is 3. The second kappa shape index (κ2) is 44.5. The molecule has 0 spiro atoms. The summed E-state index contributed by atoms with van der Waals surface area (Å²) in [5, 5.41) is 50.4. The van der Waals surface area contributed by atoms with E-state index in [9.17, 15) is 85.9 Å². The van der Waals surface area contributed by atoms with Crippen LogP contribution >= 0.6 is 104 Å². The van der Waals surface area contributed by atoms with E-state index < -0.39 is 105 Å². The van der Waals surface area contributed by atoms with Crippen LogP contribution in [0.4, 0.5) is 35.1 Å². The molecule has 0 amide bonds. The largest absolute Gasteiger partial charge is 0.497 e. The quantitative estimate of drug-likeness (QED) is 0.0139. The number of benzene rings is 5. The van der Waals surface area contributed by atoms with E-state index in [4.69, 9.17) is 9.31 Å². The zero-order valence-electron chi connectivity index (χ0n) is 68.6. The lowest BCUT2D eigenvalue weighted by Crippen LogP contribution is -2.41. The van der Waals surface area contributed by atoms with Gasteiger partial charge >= 0.3 is 7.12 Å². The first-order valence-electron chi connectivity index (χ1n) is 39.6. The normalized spacial score (nSPS) is 25.9. The third-order valence-electron chi connectivity index (χ3n) is 22.9. The second-order valence-corrected chi connectivity index (χ2v) is 46.1. The average molecular weight is 2100 g/mol. The molecule has 13 rings (SSSR count). The van der Waals surface area contributed by atoms with Gasteiger partial charge in [-0.15, -0.1) is 24.4 Å². The number of thioether (sulfide) groups is 1. The molecule has 5 N–H and O–H groups in total. The summed E-state index contributed by atoms with van der Waals surface area (Å²) < 4.78 is 193. The maximum absolute atomic E-state index is 14.8. The summed E-state index contributed by atoms with van der Waals surface area (Å²) in [5.41, 5.74) is -3.56. The highest BCUT2D eigenvalue weighted by Gasteiger charge is 2.53. The minimum absolute atomic E-state index is 0.0175. The average Bonchev–Trinajstić information content (AvgIpc) is 1.61. The minimum atomic E-state index is -3.61. The van der Waals surface area contributed by atoms with E-state index in [1.165, 1.54) is 67.4 Å². The molecule has 1 aliphatic heterocycles. The summed E-state index contributed by atoms with van der Waals surface area (Å²) in [6, 6.07) is 25.1. The van der Waals surface area contributed by atoms with E-state index in [0.29, 0.717) is 102 Å². The van der Waals surface area contributed by atoms with Crippen LogP contribution in [0.15, 0.2) is 164 Å².